The van der Waals surface area contributed by atoms with Crippen molar-refractivity contribution in [3.63, 3.8) is 0 Å². The van der Waals surface area contributed by atoms with Crippen LogP contribution in [-0.2, 0) is 4.79 Å². The maximum absolute atomic E-state index is 11.7. The van der Waals surface area contributed by atoms with E-state index in [0.29, 0.717) is 11.7 Å². The van der Waals surface area contributed by atoms with Crippen molar-refractivity contribution in [2.24, 2.45) is 5.92 Å². The third-order valence-corrected chi connectivity index (χ3v) is 4.08. The third-order valence-electron chi connectivity index (χ3n) is 2.99. The molecule has 14 heavy (non-hydrogen) atoms. The van der Waals surface area contributed by atoms with E-state index in [1.807, 2.05) is 0 Å². The molecule has 0 aromatic heterocycles. The zero-order valence-corrected chi connectivity index (χ0v) is 10.2. The molecule has 0 heterocycles. The van der Waals surface area contributed by atoms with E-state index < -0.39 is 0 Å². The molecular weight excluding hydrogens is 192 g/mol. The lowest BCUT2D eigenvalue weighted by Gasteiger charge is -2.20. The molecule has 2 heteroatoms. The van der Waals surface area contributed by atoms with Gasteiger partial charge in [-0.15, -0.1) is 11.8 Å². The first-order valence-corrected chi connectivity index (χ1v) is 6.73. The minimum Gasteiger partial charge on any atom is -0.295 e. The van der Waals surface area contributed by atoms with E-state index in [0.717, 1.165) is 31.3 Å². The summed E-state index contributed by atoms with van der Waals surface area (Å²) in [5.74, 6) is 0.961. The van der Waals surface area contributed by atoms with Gasteiger partial charge in [-0.3, -0.25) is 4.79 Å². The number of hydrogen-bond donors (Lipinski definition) is 0. The number of thioether (sulfide) groups is 1. The lowest BCUT2D eigenvalue weighted by Crippen LogP contribution is -2.12. The number of hydrogen-bond acceptors (Lipinski definition) is 2. The van der Waals surface area contributed by atoms with Crippen molar-refractivity contribution >= 4 is 17.5 Å². The van der Waals surface area contributed by atoms with Crippen LogP contribution in [0.1, 0.15) is 46.0 Å². The van der Waals surface area contributed by atoms with Crippen molar-refractivity contribution in [2.75, 3.05) is 6.26 Å². The molecule has 0 bridgehead atoms. The van der Waals surface area contributed by atoms with Crippen LogP contribution in [0.15, 0.2) is 10.5 Å². The number of carbonyl (C=O) groups excluding carboxylic acids is 1. The van der Waals surface area contributed by atoms with Gasteiger partial charge in [0.1, 0.15) is 0 Å². The van der Waals surface area contributed by atoms with E-state index in [1.54, 1.807) is 11.8 Å². The highest BCUT2D eigenvalue weighted by atomic mass is 32.2. The topological polar surface area (TPSA) is 17.1 Å². The van der Waals surface area contributed by atoms with Gasteiger partial charge in [0.05, 0.1) is 0 Å². The largest absolute Gasteiger partial charge is 0.295 e. The summed E-state index contributed by atoms with van der Waals surface area (Å²) >= 11 is 1.77. The third kappa shape index (κ3) is 2.63. The van der Waals surface area contributed by atoms with Gasteiger partial charge in [-0.25, -0.2) is 0 Å². The Morgan fingerprint density at radius 3 is 2.57 bits per heavy atom. The van der Waals surface area contributed by atoms with Crippen molar-refractivity contribution in [1.82, 2.24) is 0 Å². The fourth-order valence-corrected chi connectivity index (χ4v) is 2.98. The van der Waals surface area contributed by atoms with E-state index >= 15 is 0 Å². The van der Waals surface area contributed by atoms with Gasteiger partial charge < -0.3 is 0 Å². The summed E-state index contributed by atoms with van der Waals surface area (Å²) in [6, 6.07) is 0. The van der Waals surface area contributed by atoms with Crippen LogP contribution in [0.5, 0.6) is 0 Å². The first-order valence-electron chi connectivity index (χ1n) is 5.50. The molecule has 1 nitrogen and oxygen atoms in total. The Labute approximate surface area is 91.3 Å². The lowest BCUT2D eigenvalue weighted by molar-refractivity contribution is -0.116. The van der Waals surface area contributed by atoms with Crippen LogP contribution < -0.4 is 0 Å². The summed E-state index contributed by atoms with van der Waals surface area (Å²) < 4.78 is 0. The Morgan fingerprint density at radius 1 is 1.43 bits per heavy atom. The fraction of sp³-hybridized carbons (Fsp3) is 0.750. The van der Waals surface area contributed by atoms with Gasteiger partial charge in [0.2, 0.25) is 0 Å². The van der Waals surface area contributed by atoms with E-state index in [-0.39, 0.29) is 0 Å². The molecule has 0 aromatic rings. The Balaban J connectivity index is 2.90. The fourth-order valence-electron chi connectivity index (χ4n) is 1.95. The van der Waals surface area contributed by atoms with E-state index in [1.165, 1.54) is 11.3 Å². The number of allylic oxidation sites excluding steroid dienone is 2. The number of Topliss-reactive ketones (excluding diaryl/α,β-unsaturated/α-hetero) is 1. The second kappa shape index (κ2) is 5.59. The van der Waals surface area contributed by atoms with Crippen LogP contribution in [0.3, 0.4) is 0 Å². The standard InChI is InChI=1S/C12H20OS/c1-4-9(2)12(14-3)10-7-5-6-8-11(10)13/h9H,4-8H2,1-3H3/b12-10+. The molecule has 1 fully saturated rings. The van der Waals surface area contributed by atoms with Crippen LogP contribution in [0.4, 0.5) is 0 Å². The summed E-state index contributed by atoms with van der Waals surface area (Å²) in [6.07, 6.45) is 7.30. The summed E-state index contributed by atoms with van der Waals surface area (Å²) in [4.78, 5) is 13.1. The molecule has 1 saturated carbocycles. The molecule has 0 amide bonds. The minimum absolute atomic E-state index is 0.404. The highest BCUT2D eigenvalue weighted by Gasteiger charge is 2.21. The van der Waals surface area contributed by atoms with Crippen molar-refractivity contribution in [3.05, 3.63) is 10.5 Å². The van der Waals surface area contributed by atoms with E-state index in [4.69, 9.17) is 0 Å². The van der Waals surface area contributed by atoms with Gasteiger partial charge in [-0.1, -0.05) is 13.8 Å². The molecule has 80 valence electrons. The molecule has 1 rings (SSSR count). The molecule has 0 spiro atoms. The van der Waals surface area contributed by atoms with Crippen molar-refractivity contribution in [1.29, 1.82) is 0 Å². The van der Waals surface area contributed by atoms with E-state index in [2.05, 4.69) is 20.1 Å². The smallest absolute Gasteiger partial charge is 0.159 e. The summed E-state index contributed by atoms with van der Waals surface area (Å²) in [6.45, 7) is 4.41. The van der Waals surface area contributed by atoms with Crippen molar-refractivity contribution in [2.45, 2.75) is 46.0 Å². The maximum Gasteiger partial charge on any atom is 0.159 e. The first kappa shape index (κ1) is 11.8. The molecule has 0 aliphatic heterocycles. The molecule has 1 unspecified atom stereocenters. The van der Waals surface area contributed by atoms with Crippen LogP contribution in [0, 0.1) is 5.92 Å². The first-order chi connectivity index (χ1) is 6.70. The van der Waals surface area contributed by atoms with Crippen molar-refractivity contribution < 1.29 is 4.79 Å². The summed E-state index contributed by atoms with van der Waals surface area (Å²) in [5.41, 5.74) is 1.14. The molecule has 0 saturated heterocycles. The van der Waals surface area contributed by atoms with Crippen LogP contribution in [0.25, 0.3) is 0 Å². The van der Waals surface area contributed by atoms with Crippen LogP contribution >= 0.6 is 11.8 Å². The molecule has 1 aliphatic rings. The molecule has 0 radical (unpaired) electrons. The van der Waals surface area contributed by atoms with Gasteiger partial charge >= 0.3 is 0 Å². The Morgan fingerprint density at radius 2 is 2.07 bits per heavy atom. The predicted molar refractivity (Wildman–Crippen MR) is 63.5 cm³/mol. The molecular formula is C12H20OS. The van der Waals surface area contributed by atoms with Crippen LogP contribution in [-0.4, -0.2) is 12.0 Å². The molecule has 0 aromatic carbocycles. The quantitative estimate of drug-likeness (QED) is 0.662. The molecule has 1 aliphatic carbocycles. The zero-order valence-electron chi connectivity index (χ0n) is 9.43. The normalized spacial score (nSPS) is 23.5. The Hall–Kier alpha value is -0.240. The predicted octanol–water partition coefficient (Wildman–Crippen LogP) is 3.79. The van der Waals surface area contributed by atoms with Gasteiger partial charge in [0.25, 0.3) is 0 Å². The number of rotatable bonds is 3. The Bertz CT molecular complexity index is 243. The SMILES string of the molecule is CCC(C)/C(SC)=C1/CCCCC1=O. The minimum atomic E-state index is 0.404. The Kier molecular flexibility index (Phi) is 4.73. The average molecular weight is 212 g/mol. The maximum atomic E-state index is 11.7. The second-order valence-corrected chi connectivity index (χ2v) is 4.83. The van der Waals surface area contributed by atoms with Crippen LogP contribution in [0.2, 0.25) is 0 Å². The van der Waals surface area contributed by atoms with E-state index in [9.17, 15) is 4.79 Å². The van der Waals surface area contributed by atoms with Gasteiger partial charge in [0.15, 0.2) is 5.78 Å². The molecule has 0 N–H and O–H groups in total. The van der Waals surface area contributed by atoms with Gasteiger partial charge in [-0.2, -0.15) is 0 Å². The lowest BCUT2D eigenvalue weighted by atomic mass is 9.90. The second-order valence-electron chi connectivity index (χ2n) is 3.99. The number of ketones is 1. The highest BCUT2D eigenvalue weighted by Crippen LogP contribution is 2.33. The zero-order chi connectivity index (χ0) is 10.6. The molecule has 1 atom stereocenters. The number of carbonyl (C=O) groups is 1. The van der Waals surface area contributed by atoms with Crippen molar-refractivity contribution in [3.8, 4) is 0 Å². The average Bonchev–Trinajstić information content (AvgIpc) is 2.21. The van der Waals surface area contributed by atoms with Gasteiger partial charge in [-0.05, 0) is 42.8 Å². The summed E-state index contributed by atoms with van der Waals surface area (Å²) in [7, 11) is 0. The summed E-state index contributed by atoms with van der Waals surface area (Å²) in [5, 5.41) is 0. The monoisotopic (exact) mass is 212 g/mol. The highest BCUT2D eigenvalue weighted by molar-refractivity contribution is 8.02. The van der Waals surface area contributed by atoms with Gasteiger partial charge in [0, 0.05) is 12.0 Å².